The van der Waals surface area contributed by atoms with Gasteiger partial charge in [0.25, 0.3) is 0 Å². The standard InChI is InChI=1S/C9H12INO/c1-6-3-8(10)7(5-11)4-9(6)12-2/h3-4H,5,11H2,1-2H3. The van der Waals surface area contributed by atoms with E-state index in [2.05, 4.69) is 28.7 Å². The van der Waals surface area contributed by atoms with Gasteiger partial charge in [0.1, 0.15) is 5.75 Å². The van der Waals surface area contributed by atoms with Gasteiger partial charge in [-0.05, 0) is 52.8 Å². The van der Waals surface area contributed by atoms with Crippen LogP contribution in [0, 0.1) is 10.5 Å². The lowest BCUT2D eigenvalue weighted by atomic mass is 10.1. The van der Waals surface area contributed by atoms with Gasteiger partial charge in [0.15, 0.2) is 0 Å². The Morgan fingerprint density at radius 1 is 1.50 bits per heavy atom. The molecule has 1 rings (SSSR count). The Hall–Kier alpha value is -0.290. The van der Waals surface area contributed by atoms with E-state index in [4.69, 9.17) is 10.5 Å². The predicted molar refractivity (Wildman–Crippen MR) is 58.3 cm³/mol. The number of nitrogens with two attached hydrogens (primary N) is 1. The molecule has 0 aliphatic rings. The Morgan fingerprint density at radius 3 is 2.67 bits per heavy atom. The van der Waals surface area contributed by atoms with Crippen molar-refractivity contribution in [3.63, 3.8) is 0 Å². The van der Waals surface area contributed by atoms with Crippen molar-refractivity contribution in [2.24, 2.45) is 5.73 Å². The minimum Gasteiger partial charge on any atom is -0.496 e. The molecule has 12 heavy (non-hydrogen) atoms. The molecule has 0 unspecified atom stereocenters. The summed E-state index contributed by atoms with van der Waals surface area (Å²) in [5.74, 6) is 0.913. The third kappa shape index (κ3) is 1.90. The van der Waals surface area contributed by atoms with E-state index in [1.165, 1.54) is 3.57 Å². The van der Waals surface area contributed by atoms with Crippen LogP contribution in [0.1, 0.15) is 11.1 Å². The minimum atomic E-state index is 0.564. The number of benzene rings is 1. The Labute approximate surface area is 86.2 Å². The highest BCUT2D eigenvalue weighted by Gasteiger charge is 2.03. The van der Waals surface area contributed by atoms with E-state index in [0.717, 1.165) is 16.9 Å². The maximum atomic E-state index is 5.56. The lowest BCUT2D eigenvalue weighted by Gasteiger charge is -2.08. The molecule has 0 heterocycles. The van der Waals surface area contributed by atoms with Crippen LogP contribution in [0.15, 0.2) is 12.1 Å². The summed E-state index contributed by atoms with van der Waals surface area (Å²) in [7, 11) is 1.68. The molecular formula is C9H12INO. The normalized spacial score (nSPS) is 10.0. The van der Waals surface area contributed by atoms with Gasteiger partial charge in [0.2, 0.25) is 0 Å². The van der Waals surface area contributed by atoms with Gasteiger partial charge in [-0.15, -0.1) is 0 Å². The summed E-state index contributed by atoms with van der Waals surface area (Å²) in [5.41, 5.74) is 7.85. The van der Waals surface area contributed by atoms with E-state index in [-0.39, 0.29) is 0 Å². The van der Waals surface area contributed by atoms with Crippen LogP contribution in [0.5, 0.6) is 5.75 Å². The largest absolute Gasteiger partial charge is 0.496 e. The van der Waals surface area contributed by atoms with Crippen molar-refractivity contribution in [1.29, 1.82) is 0 Å². The number of ether oxygens (including phenoxy) is 1. The summed E-state index contributed by atoms with van der Waals surface area (Å²) >= 11 is 2.28. The zero-order valence-corrected chi connectivity index (χ0v) is 9.38. The molecule has 3 heteroatoms. The van der Waals surface area contributed by atoms with Gasteiger partial charge in [-0.1, -0.05) is 0 Å². The molecule has 2 N–H and O–H groups in total. The molecule has 1 aromatic carbocycles. The van der Waals surface area contributed by atoms with Crippen molar-refractivity contribution < 1.29 is 4.74 Å². The summed E-state index contributed by atoms with van der Waals surface area (Å²) in [6.07, 6.45) is 0. The zero-order valence-electron chi connectivity index (χ0n) is 7.23. The summed E-state index contributed by atoms with van der Waals surface area (Å²) in [6, 6.07) is 4.08. The lowest BCUT2D eigenvalue weighted by Crippen LogP contribution is -2.00. The first kappa shape index (κ1) is 9.80. The number of rotatable bonds is 2. The van der Waals surface area contributed by atoms with Crippen molar-refractivity contribution in [2.45, 2.75) is 13.5 Å². The third-order valence-electron chi connectivity index (χ3n) is 1.78. The summed E-state index contributed by atoms with van der Waals surface area (Å²) in [4.78, 5) is 0. The van der Waals surface area contributed by atoms with Crippen LogP contribution in [-0.2, 0) is 6.54 Å². The van der Waals surface area contributed by atoms with Gasteiger partial charge >= 0.3 is 0 Å². The second-order valence-electron chi connectivity index (χ2n) is 2.62. The van der Waals surface area contributed by atoms with Crippen molar-refractivity contribution in [3.8, 4) is 5.75 Å². The van der Waals surface area contributed by atoms with Gasteiger partial charge in [-0.3, -0.25) is 0 Å². The number of halogens is 1. The SMILES string of the molecule is COc1cc(CN)c(I)cc1C. The first-order chi connectivity index (χ1) is 5.69. The molecule has 0 aromatic heterocycles. The lowest BCUT2D eigenvalue weighted by molar-refractivity contribution is 0.411. The number of hydrogen-bond acceptors (Lipinski definition) is 2. The van der Waals surface area contributed by atoms with E-state index in [1.807, 2.05) is 13.0 Å². The molecular weight excluding hydrogens is 265 g/mol. The summed E-state index contributed by atoms with van der Waals surface area (Å²) in [6.45, 7) is 2.59. The second kappa shape index (κ2) is 4.09. The van der Waals surface area contributed by atoms with Gasteiger partial charge < -0.3 is 10.5 Å². The molecule has 0 fully saturated rings. The summed E-state index contributed by atoms with van der Waals surface area (Å²) < 4.78 is 6.39. The van der Waals surface area contributed by atoms with Crippen LogP contribution in [-0.4, -0.2) is 7.11 Å². The first-order valence-corrected chi connectivity index (χ1v) is 4.80. The number of hydrogen-bond donors (Lipinski definition) is 1. The Kier molecular flexibility index (Phi) is 3.34. The van der Waals surface area contributed by atoms with Crippen molar-refractivity contribution in [1.82, 2.24) is 0 Å². The topological polar surface area (TPSA) is 35.2 Å². The molecule has 0 aliphatic heterocycles. The maximum absolute atomic E-state index is 5.56. The van der Waals surface area contributed by atoms with E-state index >= 15 is 0 Å². The molecule has 0 aliphatic carbocycles. The van der Waals surface area contributed by atoms with Gasteiger partial charge in [0.05, 0.1) is 7.11 Å². The van der Waals surface area contributed by atoms with E-state index in [0.29, 0.717) is 6.54 Å². The van der Waals surface area contributed by atoms with E-state index < -0.39 is 0 Å². The van der Waals surface area contributed by atoms with Crippen molar-refractivity contribution >= 4 is 22.6 Å². The van der Waals surface area contributed by atoms with Crippen LogP contribution >= 0.6 is 22.6 Å². The molecule has 1 aromatic rings. The van der Waals surface area contributed by atoms with Crippen LogP contribution in [0.3, 0.4) is 0 Å². The smallest absolute Gasteiger partial charge is 0.122 e. The molecule has 0 atom stereocenters. The highest BCUT2D eigenvalue weighted by molar-refractivity contribution is 14.1. The first-order valence-electron chi connectivity index (χ1n) is 3.72. The van der Waals surface area contributed by atoms with E-state index in [1.54, 1.807) is 7.11 Å². The zero-order chi connectivity index (χ0) is 9.14. The van der Waals surface area contributed by atoms with Crippen LogP contribution in [0.2, 0.25) is 0 Å². The number of aryl methyl sites for hydroxylation is 1. The van der Waals surface area contributed by atoms with E-state index in [9.17, 15) is 0 Å². The fraction of sp³-hybridized carbons (Fsp3) is 0.333. The molecule has 0 radical (unpaired) electrons. The Morgan fingerprint density at radius 2 is 2.17 bits per heavy atom. The average Bonchev–Trinajstić information content (AvgIpc) is 2.05. The molecule has 0 amide bonds. The Bertz CT molecular complexity index is 261. The van der Waals surface area contributed by atoms with Gasteiger partial charge in [0, 0.05) is 10.1 Å². The quantitative estimate of drug-likeness (QED) is 0.840. The number of methoxy groups -OCH3 is 1. The summed E-state index contributed by atoms with van der Waals surface area (Å²) in [5, 5.41) is 0. The second-order valence-corrected chi connectivity index (χ2v) is 3.78. The molecule has 2 nitrogen and oxygen atoms in total. The van der Waals surface area contributed by atoms with Crippen molar-refractivity contribution in [3.05, 3.63) is 26.8 Å². The Balaban J connectivity index is 3.18. The van der Waals surface area contributed by atoms with Crippen molar-refractivity contribution in [2.75, 3.05) is 7.11 Å². The maximum Gasteiger partial charge on any atom is 0.122 e. The monoisotopic (exact) mass is 277 g/mol. The predicted octanol–water partition coefficient (Wildman–Crippen LogP) is 2.07. The van der Waals surface area contributed by atoms with Gasteiger partial charge in [-0.2, -0.15) is 0 Å². The molecule has 0 spiro atoms. The van der Waals surface area contributed by atoms with Crippen LogP contribution in [0.25, 0.3) is 0 Å². The fourth-order valence-corrected chi connectivity index (χ4v) is 1.91. The highest BCUT2D eigenvalue weighted by Crippen LogP contribution is 2.23. The molecule has 0 bridgehead atoms. The van der Waals surface area contributed by atoms with Crippen LogP contribution < -0.4 is 10.5 Å². The van der Waals surface area contributed by atoms with Gasteiger partial charge in [-0.25, -0.2) is 0 Å². The molecule has 0 saturated heterocycles. The third-order valence-corrected chi connectivity index (χ3v) is 2.79. The molecule has 66 valence electrons. The fourth-order valence-electron chi connectivity index (χ4n) is 1.07. The molecule has 0 saturated carbocycles. The minimum absolute atomic E-state index is 0.564. The average molecular weight is 277 g/mol. The highest BCUT2D eigenvalue weighted by atomic mass is 127. The van der Waals surface area contributed by atoms with Crippen LogP contribution in [0.4, 0.5) is 0 Å².